The lowest BCUT2D eigenvalue weighted by atomic mass is 9.63. The van der Waals surface area contributed by atoms with E-state index in [0.717, 1.165) is 23.5 Å². The first-order chi connectivity index (χ1) is 19.2. The third-order valence-corrected chi connectivity index (χ3v) is 8.14. The van der Waals surface area contributed by atoms with Gasteiger partial charge in [0.2, 0.25) is 5.75 Å². The molecule has 0 amide bonds. The van der Waals surface area contributed by atoms with E-state index in [2.05, 4.69) is 32.6 Å². The number of hydrogen-bond donors (Lipinski definition) is 0. The van der Waals surface area contributed by atoms with Gasteiger partial charge >= 0.3 is 5.69 Å². The molecule has 0 atom stereocenters. The van der Waals surface area contributed by atoms with Crippen molar-refractivity contribution < 1.29 is 24.2 Å². The minimum absolute atomic E-state index is 0.0278. The number of non-ortho nitro benzene ring substituents is 1. The Balaban J connectivity index is 1.72. The van der Waals surface area contributed by atoms with Crippen molar-refractivity contribution in [2.24, 2.45) is 10.8 Å². The molecule has 41 heavy (non-hydrogen) atoms. The Morgan fingerprint density at radius 1 is 0.829 bits per heavy atom. The molecule has 5 rings (SSSR count). The predicted molar refractivity (Wildman–Crippen MR) is 151 cm³/mol. The second-order valence-corrected chi connectivity index (χ2v) is 12.6. The van der Waals surface area contributed by atoms with Gasteiger partial charge in [0.15, 0.2) is 11.6 Å². The van der Waals surface area contributed by atoms with E-state index in [1.807, 2.05) is 6.92 Å². The quantitative estimate of drug-likeness (QED) is 0.273. The molecule has 0 fully saturated rings. The Morgan fingerprint density at radius 3 is 1.90 bits per heavy atom. The molecule has 0 radical (unpaired) electrons. The number of allylic oxidation sites excluding steroid dienone is 4. The van der Waals surface area contributed by atoms with Crippen molar-refractivity contribution in [2.45, 2.75) is 66.2 Å². The van der Waals surface area contributed by atoms with Gasteiger partial charge in [-0.1, -0.05) is 45.9 Å². The second kappa shape index (κ2) is 9.94. The summed E-state index contributed by atoms with van der Waals surface area (Å²) >= 11 is 0. The van der Waals surface area contributed by atoms with Gasteiger partial charge in [-0.05, 0) is 42.7 Å². The Bertz CT molecular complexity index is 1510. The van der Waals surface area contributed by atoms with Crippen LogP contribution in [0.2, 0.25) is 0 Å². The van der Waals surface area contributed by atoms with Crippen molar-refractivity contribution in [3.63, 3.8) is 0 Å². The maximum Gasteiger partial charge on any atom is 0.318 e. The van der Waals surface area contributed by atoms with Crippen molar-refractivity contribution >= 4 is 22.9 Å². The predicted octanol–water partition coefficient (Wildman–Crippen LogP) is 7.00. The van der Waals surface area contributed by atoms with E-state index in [4.69, 9.17) is 4.74 Å². The molecular weight excluding hydrogens is 526 g/mol. The zero-order valence-corrected chi connectivity index (χ0v) is 23.9. The summed E-state index contributed by atoms with van der Waals surface area (Å²) in [6.07, 6.45) is 2.00. The minimum atomic E-state index is -0.731. The summed E-state index contributed by atoms with van der Waals surface area (Å²) in [6.45, 7) is 10.9. The number of Topliss-reactive ketones (excluding diaryl/α,β-unsaturated/α-hetero) is 2. The molecule has 0 saturated heterocycles. The number of benzene rings is 2. The average Bonchev–Trinajstić information content (AvgIpc) is 2.86. The Hall–Kier alpha value is -4.34. The molecule has 0 saturated carbocycles. The Morgan fingerprint density at radius 2 is 1.39 bits per heavy atom. The van der Waals surface area contributed by atoms with E-state index >= 15 is 0 Å². The van der Waals surface area contributed by atoms with Crippen LogP contribution in [0.15, 0.2) is 65.0 Å². The van der Waals surface area contributed by atoms with E-state index in [1.54, 1.807) is 24.3 Å². The van der Waals surface area contributed by atoms with Crippen LogP contribution in [0.4, 0.5) is 11.4 Å². The monoisotopic (exact) mass is 559 g/mol. The topological polar surface area (TPSA) is 133 Å². The highest BCUT2D eigenvalue weighted by molar-refractivity contribution is 6.07. The smallest absolute Gasteiger partial charge is 0.318 e. The third-order valence-electron chi connectivity index (χ3n) is 8.14. The van der Waals surface area contributed by atoms with Gasteiger partial charge in [-0.2, -0.15) is 0 Å². The maximum atomic E-state index is 13.9. The summed E-state index contributed by atoms with van der Waals surface area (Å²) in [6, 6.07) is 10.1. The zero-order valence-electron chi connectivity index (χ0n) is 23.9. The summed E-state index contributed by atoms with van der Waals surface area (Å²) in [4.78, 5) is 51.6. The highest BCUT2D eigenvalue weighted by atomic mass is 16.6. The van der Waals surface area contributed by atoms with Crippen LogP contribution in [0.1, 0.15) is 71.8 Å². The number of nitro benzene ring substituents is 2. The van der Waals surface area contributed by atoms with Crippen molar-refractivity contribution in [2.75, 3.05) is 6.54 Å². The molecule has 3 aliphatic rings. The molecule has 0 unspecified atom stereocenters. The number of nitro groups is 2. The normalized spacial score (nSPS) is 20.1. The number of rotatable bonds is 6. The Labute approximate surface area is 238 Å². The number of nitrogens with zero attached hydrogens (tertiary/aromatic N) is 3. The number of carbonyl (C=O) groups is 2. The summed E-state index contributed by atoms with van der Waals surface area (Å²) in [5, 5.41) is 23.1. The van der Waals surface area contributed by atoms with Gasteiger partial charge in [0.25, 0.3) is 5.69 Å². The molecule has 214 valence electrons. The summed E-state index contributed by atoms with van der Waals surface area (Å²) in [5.41, 5.74) is 2.04. The van der Waals surface area contributed by atoms with Gasteiger partial charge < -0.3 is 9.64 Å². The first-order valence-corrected chi connectivity index (χ1v) is 13.7. The maximum absolute atomic E-state index is 13.9. The standard InChI is InChI=1S/C31H33N3O7/c1-6-32-21-14-30(2,3)16-23(35)28(21)27(29-22(32)15-31(4,5)17-24(29)36)19-9-7-8-10-25(19)41-26-12-11-18(33(37)38)13-20(26)34(39)40/h7-13,27H,6,14-17H2,1-5H3. The lowest BCUT2D eigenvalue weighted by Gasteiger charge is -2.49. The fourth-order valence-electron chi connectivity index (χ4n) is 6.52. The van der Waals surface area contributed by atoms with Crippen molar-refractivity contribution in [3.05, 3.63) is 90.8 Å². The number of carbonyl (C=O) groups excluding carboxylic acids is 2. The molecule has 2 aliphatic carbocycles. The van der Waals surface area contributed by atoms with Crippen LogP contribution in [0, 0.1) is 31.1 Å². The summed E-state index contributed by atoms with van der Waals surface area (Å²) in [5.74, 6) is -0.675. The SMILES string of the molecule is CCN1C2=C(C(=O)CC(C)(C)C2)C(c2ccccc2Oc2ccc([N+](=O)[O-])cc2[N+](=O)[O-])C2=C1CC(C)(C)CC2=O. The van der Waals surface area contributed by atoms with E-state index in [9.17, 15) is 29.8 Å². The van der Waals surface area contributed by atoms with Crippen molar-refractivity contribution in [3.8, 4) is 11.5 Å². The molecule has 0 N–H and O–H groups in total. The van der Waals surface area contributed by atoms with Crippen LogP contribution in [-0.2, 0) is 9.59 Å². The highest BCUT2D eigenvalue weighted by Crippen LogP contribution is 2.55. The zero-order chi connectivity index (χ0) is 29.9. The van der Waals surface area contributed by atoms with E-state index in [-0.39, 0.29) is 33.9 Å². The first kappa shape index (κ1) is 28.2. The lowest BCUT2D eigenvalue weighted by Crippen LogP contribution is -2.44. The number of ether oxygens (including phenoxy) is 1. The molecule has 0 aromatic heterocycles. The Kier molecular flexibility index (Phi) is 6.83. The van der Waals surface area contributed by atoms with Gasteiger partial charge in [-0.25, -0.2) is 0 Å². The fourth-order valence-corrected chi connectivity index (χ4v) is 6.52. The van der Waals surface area contributed by atoms with Crippen molar-refractivity contribution in [1.82, 2.24) is 4.90 Å². The highest BCUT2D eigenvalue weighted by Gasteiger charge is 2.49. The molecule has 10 nitrogen and oxygen atoms in total. The average molecular weight is 560 g/mol. The molecule has 0 bridgehead atoms. The van der Waals surface area contributed by atoms with Crippen LogP contribution in [0.3, 0.4) is 0 Å². The molecule has 2 aromatic rings. The number of para-hydroxylation sites is 1. The van der Waals surface area contributed by atoms with E-state index < -0.39 is 27.1 Å². The van der Waals surface area contributed by atoms with Gasteiger partial charge in [-0.3, -0.25) is 29.8 Å². The van der Waals surface area contributed by atoms with Crippen LogP contribution in [-0.4, -0.2) is 32.9 Å². The molecule has 1 heterocycles. The number of ketones is 2. The van der Waals surface area contributed by atoms with Crippen LogP contribution in [0.5, 0.6) is 11.5 Å². The fraction of sp³-hybridized carbons (Fsp3) is 0.419. The van der Waals surface area contributed by atoms with E-state index in [0.29, 0.717) is 48.9 Å². The van der Waals surface area contributed by atoms with Gasteiger partial charge in [0.1, 0.15) is 5.75 Å². The van der Waals surface area contributed by atoms with Crippen LogP contribution < -0.4 is 4.74 Å². The molecule has 10 heteroatoms. The second-order valence-electron chi connectivity index (χ2n) is 12.6. The molecular formula is C31H33N3O7. The molecule has 0 spiro atoms. The van der Waals surface area contributed by atoms with Crippen LogP contribution >= 0.6 is 0 Å². The summed E-state index contributed by atoms with van der Waals surface area (Å²) < 4.78 is 6.11. The lowest BCUT2D eigenvalue weighted by molar-refractivity contribution is -0.394. The number of hydrogen-bond acceptors (Lipinski definition) is 8. The first-order valence-electron chi connectivity index (χ1n) is 13.7. The van der Waals surface area contributed by atoms with Crippen molar-refractivity contribution in [1.29, 1.82) is 0 Å². The molecule has 2 aromatic carbocycles. The van der Waals surface area contributed by atoms with Gasteiger partial charge in [-0.15, -0.1) is 0 Å². The third kappa shape index (κ3) is 5.03. The van der Waals surface area contributed by atoms with Crippen LogP contribution in [0.25, 0.3) is 0 Å². The van der Waals surface area contributed by atoms with Gasteiger partial charge in [0, 0.05) is 59.5 Å². The minimum Gasteiger partial charge on any atom is -0.450 e. The molecule has 1 aliphatic heterocycles. The summed E-state index contributed by atoms with van der Waals surface area (Å²) in [7, 11) is 0. The van der Waals surface area contributed by atoms with E-state index in [1.165, 1.54) is 6.07 Å². The van der Waals surface area contributed by atoms with Gasteiger partial charge in [0.05, 0.1) is 15.9 Å². The largest absolute Gasteiger partial charge is 0.450 e.